The summed E-state index contributed by atoms with van der Waals surface area (Å²) >= 11 is 0. The van der Waals surface area contributed by atoms with Gasteiger partial charge in [-0.05, 0) is 79.1 Å². The highest BCUT2D eigenvalue weighted by molar-refractivity contribution is 6.04. The molecule has 8 heteroatoms. The lowest BCUT2D eigenvalue weighted by atomic mass is 9.98. The number of ether oxygens (including phenoxy) is 3. The third-order valence-corrected chi connectivity index (χ3v) is 9.14. The Labute approximate surface area is 266 Å². The second-order valence-electron chi connectivity index (χ2n) is 12.3. The Balaban J connectivity index is 1.03. The number of carbonyl (C=O) groups is 2. The van der Waals surface area contributed by atoms with Crippen LogP contribution in [0.2, 0.25) is 0 Å². The molecule has 4 aliphatic rings. The second-order valence-corrected chi connectivity index (χ2v) is 12.3. The van der Waals surface area contributed by atoms with E-state index in [9.17, 15) is 9.59 Å². The SMILES string of the molecule is [3H]C=C1C[C@H]2CCc3cc(OCc4cccc(COc5cc6c(cc5OC)C(=O)N5CC(=C[3H])C[C@H]5C=N6)c4)c(C)cc3C(=O)N2C1. The molecule has 3 aromatic rings. The number of rotatable bonds is 7. The zero-order chi connectivity index (χ0) is 32.7. The predicted octanol–water partition coefficient (Wildman–Crippen LogP) is 6.37. The Morgan fingerprint density at radius 2 is 1.62 bits per heavy atom. The predicted molar refractivity (Wildman–Crippen MR) is 173 cm³/mol. The minimum Gasteiger partial charge on any atom is -0.493 e. The van der Waals surface area contributed by atoms with E-state index in [-0.39, 0.29) is 30.5 Å². The summed E-state index contributed by atoms with van der Waals surface area (Å²) in [5.74, 6) is 1.62. The lowest BCUT2D eigenvalue weighted by molar-refractivity contribution is 0.0741. The molecule has 0 saturated carbocycles. The molecule has 4 heterocycles. The Morgan fingerprint density at radius 1 is 0.889 bits per heavy atom. The summed E-state index contributed by atoms with van der Waals surface area (Å²) in [5, 5.41) is 0. The van der Waals surface area contributed by atoms with Gasteiger partial charge in [0.1, 0.15) is 19.0 Å². The maximum Gasteiger partial charge on any atom is 0.257 e. The molecule has 2 amide bonds. The van der Waals surface area contributed by atoms with Crippen LogP contribution in [-0.2, 0) is 19.6 Å². The highest BCUT2D eigenvalue weighted by Crippen LogP contribution is 2.39. The van der Waals surface area contributed by atoms with Crippen LogP contribution < -0.4 is 14.2 Å². The first-order valence-corrected chi connectivity index (χ1v) is 15.3. The molecule has 45 heavy (non-hydrogen) atoms. The summed E-state index contributed by atoms with van der Waals surface area (Å²) in [7, 11) is 1.55. The van der Waals surface area contributed by atoms with Crippen molar-refractivity contribution in [3.8, 4) is 17.2 Å². The van der Waals surface area contributed by atoms with Crippen molar-refractivity contribution in [2.75, 3.05) is 20.2 Å². The first-order chi connectivity index (χ1) is 22.8. The van der Waals surface area contributed by atoms with Gasteiger partial charge in [0, 0.05) is 37.0 Å². The largest absolute Gasteiger partial charge is 0.493 e. The van der Waals surface area contributed by atoms with Gasteiger partial charge in [-0.25, -0.2) is 0 Å². The van der Waals surface area contributed by atoms with Crippen LogP contribution in [0, 0.1) is 6.92 Å². The van der Waals surface area contributed by atoms with Gasteiger partial charge in [0.05, 0.1) is 27.1 Å². The molecule has 4 aliphatic heterocycles. The minimum absolute atomic E-state index is 0.0443. The third-order valence-electron chi connectivity index (χ3n) is 9.14. The van der Waals surface area contributed by atoms with E-state index in [1.165, 1.54) is 13.1 Å². The molecule has 0 N–H and O–H groups in total. The Hall–Kier alpha value is -4.85. The van der Waals surface area contributed by atoms with Crippen molar-refractivity contribution < 1.29 is 26.5 Å². The van der Waals surface area contributed by atoms with Crippen molar-refractivity contribution in [2.24, 2.45) is 4.99 Å². The van der Waals surface area contributed by atoms with Crippen LogP contribution in [0.15, 0.2) is 77.8 Å². The van der Waals surface area contributed by atoms with Crippen LogP contribution in [0.1, 0.15) is 65.0 Å². The van der Waals surface area contributed by atoms with Crippen molar-refractivity contribution in [2.45, 2.75) is 57.9 Å². The van der Waals surface area contributed by atoms with E-state index in [4.69, 9.17) is 17.0 Å². The van der Waals surface area contributed by atoms with Gasteiger partial charge in [0.25, 0.3) is 11.8 Å². The smallest absolute Gasteiger partial charge is 0.257 e. The fourth-order valence-corrected chi connectivity index (χ4v) is 6.78. The van der Waals surface area contributed by atoms with Crippen LogP contribution in [0.4, 0.5) is 5.69 Å². The Bertz CT molecular complexity index is 1850. The summed E-state index contributed by atoms with van der Waals surface area (Å²) in [6.07, 6.45) is 4.85. The van der Waals surface area contributed by atoms with Gasteiger partial charge < -0.3 is 24.0 Å². The lowest BCUT2D eigenvalue weighted by Gasteiger charge is -2.21. The number of benzene rings is 3. The number of hydrogen-bond donors (Lipinski definition) is 0. The average Bonchev–Trinajstić information content (AvgIpc) is 3.66. The van der Waals surface area contributed by atoms with E-state index >= 15 is 0 Å². The molecular formula is C37H37N3O5. The maximum atomic E-state index is 13.4. The number of carbonyl (C=O) groups excluding carboxylic acids is 2. The quantitative estimate of drug-likeness (QED) is 0.292. The van der Waals surface area contributed by atoms with Gasteiger partial charge in [0.15, 0.2) is 11.5 Å². The monoisotopic (exact) mass is 607 g/mol. The van der Waals surface area contributed by atoms with Crippen molar-refractivity contribution >= 4 is 23.7 Å². The topological polar surface area (TPSA) is 80.7 Å². The molecule has 230 valence electrons. The molecule has 2 fully saturated rings. The molecule has 8 nitrogen and oxygen atoms in total. The zero-order valence-electron chi connectivity index (χ0n) is 27.5. The number of amides is 2. The maximum absolute atomic E-state index is 13.4. The van der Waals surface area contributed by atoms with Crippen LogP contribution in [-0.4, -0.2) is 60.1 Å². The zero-order valence-corrected chi connectivity index (χ0v) is 25.5. The standard InChI is InChI=1S/C37H37N3O5/c1-22-10-28-9-8-27-14-33(24(3)12-30(27)36(41)39(28)18-22)44-20-25-6-5-7-26(13-25)21-45-35-16-32-31(15-34(35)43-4)37(42)40-19-23(2)11-29(40)17-38-32/h5-7,12-17,28-29H,1-2,8-11,18-21H2,3-4H3/t28-,29+/m1/s1/i1T,2T. The number of aliphatic imine (C=N–C) groups is 1. The van der Waals surface area contributed by atoms with Gasteiger partial charge in [-0.3, -0.25) is 14.6 Å². The van der Waals surface area contributed by atoms with E-state index in [0.717, 1.165) is 64.0 Å². The molecule has 0 bridgehead atoms. The number of methoxy groups -OCH3 is 1. The van der Waals surface area contributed by atoms with Crippen LogP contribution in [0.25, 0.3) is 0 Å². The van der Waals surface area contributed by atoms with Crippen molar-refractivity contribution in [3.63, 3.8) is 0 Å². The highest BCUT2D eigenvalue weighted by atomic mass is 16.5. The van der Waals surface area contributed by atoms with E-state index < -0.39 is 0 Å². The van der Waals surface area contributed by atoms with Crippen LogP contribution >= 0.6 is 0 Å². The summed E-state index contributed by atoms with van der Waals surface area (Å²) < 4.78 is 33.3. The Morgan fingerprint density at radius 3 is 2.40 bits per heavy atom. The van der Waals surface area contributed by atoms with E-state index in [1.807, 2.05) is 48.2 Å². The third kappa shape index (κ3) is 5.50. The van der Waals surface area contributed by atoms with Gasteiger partial charge >= 0.3 is 0 Å². The molecule has 2 atom stereocenters. The van der Waals surface area contributed by atoms with Gasteiger partial charge in [0.2, 0.25) is 0 Å². The van der Waals surface area contributed by atoms with Gasteiger partial charge in [-0.1, -0.05) is 42.5 Å². The van der Waals surface area contributed by atoms with E-state index in [1.54, 1.807) is 30.4 Å². The molecule has 3 aromatic carbocycles. The Kier molecular flexibility index (Phi) is 6.83. The van der Waals surface area contributed by atoms with E-state index in [2.05, 4.69) is 4.99 Å². The summed E-state index contributed by atoms with van der Waals surface area (Å²) in [5.41, 5.74) is 7.50. The van der Waals surface area contributed by atoms with Crippen molar-refractivity contribution in [1.29, 1.82) is 0 Å². The minimum atomic E-state index is -0.165. The summed E-state index contributed by atoms with van der Waals surface area (Å²) in [6, 6.07) is 15.4. The molecule has 0 unspecified atom stereocenters. The molecule has 7 rings (SSSR count). The normalized spacial score (nSPS) is 22.7. The molecular weight excluding hydrogens is 566 g/mol. The van der Waals surface area contributed by atoms with Gasteiger partial charge in [-0.15, -0.1) is 0 Å². The average molecular weight is 608 g/mol. The fourth-order valence-electron chi connectivity index (χ4n) is 6.78. The van der Waals surface area contributed by atoms with Crippen molar-refractivity contribution in [1.82, 2.24) is 9.80 Å². The fraction of sp³-hybridized carbons (Fsp3) is 0.324. The number of fused-ring (bicyclic) bond motifs is 4. The molecule has 0 radical (unpaired) electrons. The molecule has 0 aliphatic carbocycles. The van der Waals surface area contributed by atoms with Crippen LogP contribution in [0.3, 0.4) is 0 Å². The number of aryl methyl sites for hydroxylation is 2. The van der Waals surface area contributed by atoms with Crippen molar-refractivity contribution in [3.05, 3.63) is 106 Å². The second kappa shape index (κ2) is 11.6. The highest BCUT2D eigenvalue weighted by Gasteiger charge is 2.36. The molecule has 2 saturated heterocycles. The van der Waals surface area contributed by atoms with Gasteiger partial charge in [-0.2, -0.15) is 0 Å². The number of hydrogen-bond acceptors (Lipinski definition) is 6. The van der Waals surface area contributed by atoms with E-state index in [0.29, 0.717) is 48.9 Å². The first-order valence-electron chi connectivity index (χ1n) is 16.5. The van der Waals surface area contributed by atoms with Crippen LogP contribution in [0.5, 0.6) is 17.2 Å². The lowest BCUT2D eigenvalue weighted by Crippen LogP contribution is -2.35. The summed E-state index contributed by atoms with van der Waals surface area (Å²) in [6.45, 7) is 6.30. The molecule has 0 spiro atoms. The first kappa shape index (κ1) is 26.5. The summed E-state index contributed by atoms with van der Waals surface area (Å²) in [4.78, 5) is 35.0. The molecule has 0 aromatic heterocycles. The number of nitrogens with zero attached hydrogens (tertiary/aromatic N) is 3.